The van der Waals surface area contributed by atoms with Crippen molar-refractivity contribution in [2.45, 2.75) is 44.4 Å². The Balaban J connectivity index is 1.73. The van der Waals surface area contributed by atoms with Gasteiger partial charge < -0.3 is 4.74 Å². The molecule has 0 amide bonds. The summed E-state index contributed by atoms with van der Waals surface area (Å²) in [6.07, 6.45) is -0.950. The topological polar surface area (TPSA) is 47.4 Å². The minimum atomic E-state index is -4.48. The number of ether oxygens (including phenoxy) is 1. The van der Waals surface area contributed by atoms with Crippen LogP contribution in [0.2, 0.25) is 0 Å². The molecule has 1 unspecified atom stereocenters. The van der Waals surface area contributed by atoms with Gasteiger partial charge in [-0.2, -0.15) is 13.2 Å². The first kappa shape index (κ1) is 19.4. The Morgan fingerprint density at radius 1 is 1.14 bits per heavy atom. The highest BCUT2D eigenvalue weighted by Gasteiger charge is 2.36. The van der Waals surface area contributed by atoms with Crippen LogP contribution in [0.3, 0.4) is 0 Å². The number of likely N-dealkylation sites (tertiary alicyclic amines) is 1. The van der Waals surface area contributed by atoms with Crippen molar-refractivity contribution >= 4 is 10.9 Å². The van der Waals surface area contributed by atoms with Gasteiger partial charge in [0, 0.05) is 19.8 Å². The lowest BCUT2D eigenvalue weighted by molar-refractivity contribution is -0.142. The van der Waals surface area contributed by atoms with Crippen molar-refractivity contribution in [2.75, 3.05) is 26.3 Å². The molecule has 2 saturated heterocycles. The van der Waals surface area contributed by atoms with Crippen molar-refractivity contribution in [2.24, 2.45) is 5.92 Å². The van der Waals surface area contributed by atoms with Crippen molar-refractivity contribution in [1.82, 2.24) is 14.5 Å². The van der Waals surface area contributed by atoms with Crippen LogP contribution in [0, 0.1) is 5.92 Å². The van der Waals surface area contributed by atoms with Gasteiger partial charge in [-0.15, -0.1) is 0 Å². The Labute approximate surface area is 161 Å². The van der Waals surface area contributed by atoms with Gasteiger partial charge in [0.2, 0.25) is 0 Å². The van der Waals surface area contributed by atoms with Crippen LogP contribution in [0.1, 0.15) is 37.5 Å². The van der Waals surface area contributed by atoms with Gasteiger partial charge in [-0.3, -0.25) is 14.3 Å². The molecule has 2 fully saturated rings. The van der Waals surface area contributed by atoms with E-state index in [1.807, 2.05) is 0 Å². The van der Waals surface area contributed by atoms with E-state index in [1.54, 1.807) is 18.2 Å². The van der Waals surface area contributed by atoms with E-state index in [-0.39, 0.29) is 17.3 Å². The molecular formula is C20H24F3N3O2. The summed E-state index contributed by atoms with van der Waals surface area (Å²) in [5, 5.41) is 0.226. The SMILES string of the molecule is O=c1c2ccccc2nc(C2CCCN2CC2CCOCC2)n1CC(F)(F)F. The van der Waals surface area contributed by atoms with Gasteiger partial charge in [-0.25, -0.2) is 4.98 Å². The zero-order chi connectivity index (χ0) is 19.7. The second-order valence-corrected chi connectivity index (χ2v) is 7.70. The zero-order valence-corrected chi connectivity index (χ0v) is 15.6. The standard InChI is InChI=1S/C20H24F3N3O2/c21-20(22,23)13-26-18(24-16-5-2-1-4-15(16)19(26)27)17-6-3-9-25(17)12-14-7-10-28-11-8-14/h1-2,4-5,14,17H,3,6-13H2. The predicted octanol–water partition coefficient (Wildman–Crippen LogP) is 3.52. The number of nitrogens with zero attached hydrogens (tertiary/aromatic N) is 3. The molecule has 28 heavy (non-hydrogen) atoms. The minimum absolute atomic E-state index is 0.226. The molecule has 0 bridgehead atoms. The maximum Gasteiger partial charge on any atom is 0.406 e. The molecule has 4 rings (SSSR count). The summed E-state index contributed by atoms with van der Waals surface area (Å²) < 4.78 is 46.0. The second-order valence-electron chi connectivity index (χ2n) is 7.70. The summed E-state index contributed by atoms with van der Waals surface area (Å²) >= 11 is 0. The molecule has 1 aromatic heterocycles. The summed E-state index contributed by atoms with van der Waals surface area (Å²) in [5.41, 5.74) is -0.158. The van der Waals surface area contributed by atoms with Gasteiger partial charge in [0.05, 0.1) is 16.9 Å². The summed E-state index contributed by atoms with van der Waals surface area (Å²) in [6, 6.07) is 6.37. The maximum atomic E-state index is 13.2. The van der Waals surface area contributed by atoms with E-state index in [1.165, 1.54) is 6.07 Å². The molecule has 8 heteroatoms. The molecule has 0 N–H and O–H groups in total. The number of aromatic nitrogens is 2. The average Bonchev–Trinajstić information content (AvgIpc) is 3.12. The average molecular weight is 395 g/mol. The number of halogens is 3. The van der Waals surface area contributed by atoms with E-state index in [2.05, 4.69) is 9.88 Å². The summed E-state index contributed by atoms with van der Waals surface area (Å²) in [4.78, 5) is 19.6. The molecule has 152 valence electrons. The molecule has 3 heterocycles. The summed E-state index contributed by atoms with van der Waals surface area (Å²) in [5.74, 6) is 0.711. The fraction of sp³-hybridized carbons (Fsp3) is 0.600. The van der Waals surface area contributed by atoms with E-state index < -0.39 is 18.3 Å². The van der Waals surface area contributed by atoms with Gasteiger partial charge in [-0.05, 0) is 50.3 Å². The minimum Gasteiger partial charge on any atom is -0.381 e. The Morgan fingerprint density at radius 3 is 2.64 bits per heavy atom. The van der Waals surface area contributed by atoms with Crippen LogP contribution in [0.5, 0.6) is 0 Å². The van der Waals surface area contributed by atoms with Crippen molar-refractivity contribution in [1.29, 1.82) is 0 Å². The molecule has 0 saturated carbocycles. The number of rotatable bonds is 4. The van der Waals surface area contributed by atoms with Crippen LogP contribution in [-0.4, -0.2) is 46.9 Å². The lowest BCUT2D eigenvalue weighted by Gasteiger charge is -2.31. The number of benzene rings is 1. The van der Waals surface area contributed by atoms with E-state index in [0.29, 0.717) is 17.9 Å². The first-order chi connectivity index (χ1) is 13.4. The van der Waals surface area contributed by atoms with Gasteiger partial charge >= 0.3 is 6.18 Å². The third-order valence-corrected chi connectivity index (χ3v) is 5.72. The monoisotopic (exact) mass is 395 g/mol. The van der Waals surface area contributed by atoms with Crippen molar-refractivity contribution in [3.8, 4) is 0 Å². The van der Waals surface area contributed by atoms with E-state index in [0.717, 1.165) is 50.1 Å². The third kappa shape index (κ3) is 4.07. The van der Waals surface area contributed by atoms with E-state index in [4.69, 9.17) is 4.74 Å². The molecule has 0 radical (unpaired) electrons. The van der Waals surface area contributed by atoms with Gasteiger partial charge in [0.1, 0.15) is 12.4 Å². The number of fused-ring (bicyclic) bond motifs is 1. The molecule has 2 aliphatic heterocycles. The highest BCUT2D eigenvalue weighted by molar-refractivity contribution is 5.77. The Morgan fingerprint density at radius 2 is 1.89 bits per heavy atom. The van der Waals surface area contributed by atoms with E-state index >= 15 is 0 Å². The van der Waals surface area contributed by atoms with Crippen molar-refractivity contribution < 1.29 is 17.9 Å². The number of hydrogen-bond acceptors (Lipinski definition) is 4. The fourth-order valence-corrected chi connectivity index (χ4v) is 4.37. The van der Waals surface area contributed by atoms with E-state index in [9.17, 15) is 18.0 Å². The van der Waals surface area contributed by atoms with Gasteiger partial charge in [-0.1, -0.05) is 12.1 Å². The summed E-state index contributed by atoms with van der Waals surface area (Å²) in [7, 11) is 0. The molecule has 0 spiro atoms. The summed E-state index contributed by atoms with van der Waals surface area (Å²) in [6.45, 7) is 1.78. The van der Waals surface area contributed by atoms with Crippen molar-refractivity contribution in [3.63, 3.8) is 0 Å². The molecule has 5 nitrogen and oxygen atoms in total. The Kier molecular flexibility index (Phi) is 5.42. The molecule has 2 aromatic rings. The van der Waals surface area contributed by atoms with Crippen LogP contribution in [-0.2, 0) is 11.3 Å². The number of alkyl halides is 3. The molecular weight excluding hydrogens is 371 g/mol. The first-order valence-corrected chi connectivity index (χ1v) is 9.80. The molecule has 1 aromatic carbocycles. The van der Waals surface area contributed by atoms with Crippen LogP contribution in [0.25, 0.3) is 10.9 Å². The smallest absolute Gasteiger partial charge is 0.381 e. The Hall–Kier alpha value is -1.93. The predicted molar refractivity (Wildman–Crippen MR) is 99.1 cm³/mol. The molecule has 0 aliphatic carbocycles. The van der Waals surface area contributed by atoms with Crippen LogP contribution in [0.15, 0.2) is 29.1 Å². The van der Waals surface area contributed by atoms with Crippen molar-refractivity contribution in [3.05, 3.63) is 40.4 Å². The quantitative estimate of drug-likeness (QED) is 0.795. The third-order valence-electron chi connectivity index (χ3n) is 5.72. The van der Waals surface area contributed by atoms with Gasteiger partial charge in [0.15, 0.2) is 0 Å². The number of hydrogen-bond donors (Lipinski definition) is 0. The van der Waals surface area contributed by atoms with Gasteiger partial charge in [0.25, 0.3) is 5.56 Å². The Bertz CT molecular complexity index is 890. The van der Waals surface area contributed by atoms with Crippen LogP contribution >= 0.6 is 0 Å². The first-order valence-electron chi connectivity index (χ1n) is 9.80. The highest BCUT2D eigenvalue weighted by atomic mass is 19.4. The lowest BCUT2D eigenvalue weighted by atomic mass is 9.99. The molecule has 1 atom stereocenters. The largest absolute Gasteiger partial charge is 0.406 e. The fourth-order valence-electron chi connectivity index (χ4n) is 4.37. The zero-order valence-electron chi connectivity index (χ0n) is 15.6. The second kappa shape index (κ2) is 7.83. The highest BCUT2D eigenvalue weighted by Crippen LogP contribution is 2.34. The van der Waals surface area contributed by atoms with Crippen LogP contribution in [0.4, 0.5) is 13.2 Å². The number of para-hydroxylation sites is 1. The molecule has 2 aliphatic rings. The van der Waals surface area contributed by atoms with Crippen LogP contribution < -0.4 is 5.56 Å². The normalized spacial score (nSPS) is 22.2. The lowest BCUT2D eigenvalue weighted by Crippen LogP contribution is -2.38. The maximum absolute atomic E-state index is 13.2.